The molecule has 0 atom stereocenters. The van der Waals surface area contributed by atoms with Crippen LogP contribution in [0.4, 0.5) is 5.00 Å². The molecule has 0 unspecified atom stereocenters. The van der Waals surface area contributed by atoms with Crippen molar-refractivity contribution < 1.29 is 9.59 Å². The number of anilines is 1. The summed E-state index contributed by atoms with van der Waals surface area (Å²) in [7, 11) is 0. The fourth-order valence-corrected chi connectivity index (χ4v) is 4.74. The number of nitrogens with one attached hydrogen (secondary N) is 2. The van der Waals surface area contributed by atoms with E-state index in [0.717, 1.165) is 36.8 Å². The number of hydrogen-bond donors (Lipinski definition) is 2. The molecule has 1 aliphatic rings. The molecular formula is C17H20N2O2S2. The van der Waals surface area contributed by atoms with E-state index >= 15 is 0 Å². The van der Waals surface area contributed by atoms with E-state index in [4.69, 9.17) is 0 Å². The molecule has 0 aliphatic heterocycles. The molecule has 2 aromatic heterocycles. The van der Waals surface area contributed by atoms with Crippen LogP contribution in [0.15, 0.2) is 16.8 Å². The van der Waals surface area contributed by atoms with Crippen LogP contribution in [0.2, 0.25) is 0 Å². The van der Waals surface area contributed by atoms with Gasteiger partial charge in [0.15, 0.2) is 0 Å². The highest BCUT2D eigenvalue weighted by Crippen LogP contribution is 2.38. The molecule has 23 heavy (non-hydrogen) atoms. The SMILES string of the molecule is CCC(=O)Nc1sc2c(c1C(=O)NCc1ccsc1)CCCC2. The van der Waals surface area contributed by atoms with Gasteiger partial charge in [-0.2, -0.15) is 11.3 Å². The van der Waals surface area contributed by atoms with Crippen LogP contribution in [0, 0.1) is 0 Å². The fourth-order valence-electron chi connectivity index (χ4n) is 2.77. The van der Waals surface area contributed by atoms with Crippen LogP contribution >= 0.6 is 22.7 Å². The molecule has 2 N–H and O–H groups in total. The topological polar surface area (TPSA) is 58.2 Å². The maximum Gasteiger partial charge on any atom is 0.254 e. The maximum absolute atomic E-state index is 12.7. The van der Waals surface area contributed by atoms with E-state index in [-0.39, 0.29) is 11.8 Å². The first-order valence-electron chi connectivity index (χ1n) is 7.92. The van der Waals surface area contributed by atoms with Gasteiger partial charge >= 0.3 is 0 Å². The zero-order valence-corrected chi connectivity index (χ0v) is 14.7. The highest BCUT2D eigenvalue weighted by Gasteiger charge is 2.26. The van der Waals surface area contributed by atoms with Crippen LogP contribution in [0.5, 0.6) is 0 Å². The Kier molecular flexibility index (Phi) is 5.13. The summed E-state index contributed by atoms with van der Waals surface area (Å²) in [6, 6.07) is 2.01. The minimum atomic E-state index is -0.0815. The third kappa shape index (κ3) is 3.64. The number of amides is 2. The van der Waals surface area contributed by atoms with E-state index in [1.807, 2.05) is 23.8 Å². The van der Waals surface area contributed by atoms with Crippen molar-refractivity contribution in [2.24, 2.45) is 0 Å². The number of carbonyl (C=O) groups is 2. The summed E-state index contributed by atoms with van der Waals surface area (Å²) in [4.78, 5) is 25.7. The van der Waals surface area contributed by atoms with E-state index in [1.54, 1.807) is 22.7 Å². The second-order valence-electron chi connectivity index (χ2n) is 5.63. The molecule has 0 radical (unpaired) electrons. The van der Waals surface area contributed by atoms with Gasteiger partial charge in [0, 0.05) is 17.8 Å². The van der Waals surface area contributed by atoms with Gasteiger partial charge in [0.05, 0.1) is 5.56 Å². The molecule has 0 spiro atoms. The van der Waals surface area contributed by atoms with Crippen molar-refractivity contribution >= 4 is 39.5 Å². The summed E-state index contributed by atoms with van der Waals surface area (Å²) in [5, 5.41) is 10.7. The van der Waals surface area contributed by atoms with Crippen LogP contribution in [0.3, 0.4) is 0 Å². The standard InChI is InChI=1S/C17H20N2O2S2/c1-2-14(20)19-17-15(12-5-3-4-6-13(12)23-17)16(21)18-9-11-7-8-22-10-11/h7-8,10H,2-6,9H2,1H3,(H,18,21)(H,19,20). The van der Waals surface area contributed by atoms with Crippen molar-refractivity contribution in [2.75, 3.05) is 5.32 Å². The van der Waals surface area contributed by atoms with Crippen LogP contribution in [-0.4, -0.2) is 11.8 Å². The first kappa shape index (κ1) is 16.2. The number of thiophene rings is 2. The average molecular weight is 348 g/mol. The minimum Gasteiger partial charge on any atom is -0.348 e. The Morgan fingerprint density at radius 2 is 2.09 bits per heavy atom. The van der Waals surface area contributed by atoms with Crippen molar-refractivity contribution in [3.63, 3.8) is 0 Å². The largest absolute Gasteiger partial charge is 0.348 e. The number of hydrogen-bond acceptors (Lipinski definition) is 4. The molecule has 0 bridgehead atoms. The molecule has 4 nitrogen and oxygen atoms in total. The minimum absolute atomic E-state index is 0.0459. The van der Waals surface area contributed by atoms with E-state index in [1.165, 1.54) is 4.88 Å². The van der Waals surface area contributed by atoms with Gasteiger partial charge in [-0.05, 0) is 53.6 Å². The summed E-state index contributed by atoms with van der Waals surface area (Å²) in [6.07, 6.45) is 4.61. The van der Waals surface area contributed by atoms with Gasteiger partial charge in [-0.25, -0.2) is 0 Å². The summed E-state index contributed by atoms with van der Waals surface area (Å²) in [5.41, 5.74) is 2.92. The molecule has 3 rings (SSSR count). The summed E-state index contributed by atoms with van der Waals surface area (Å²) < 4.78 is 0. The van der Waals surface area contributed by atoms with E-state index in [2.05, 4.69) is 10.6 Å². The number of carbonyl (C=O) groups excluding carboxylic acids is 2. The van der Waals surface area contributed by atoms with Crippen LogP contribution in [0.1, 0.15) is 52.5 Å². The zero-order valence-electron chi connectivity index (χ0n) is 13.1. The van der Waals surface area contributed by atoms with Crippen LogP contribution in [0.25, 0.3) is 0 Å². The number of fused-ring (bicyclic) bond motifs is 1. The second kappa shape index (κ2) is 7.27. The summed E-state index contributed by atoms with van der Waals surface area (Å²) in [5.74, 6) is -0.127. The third-order valence-corrected chi connectivity index (χ3v) is 5.94. The third-order valence-electron chi connectivity index (χ3n) is 4.01. The lowest BCUT2D eigenvalue weighted by atomic mass is 9.95. The molecule has 0 fully saturated rings. The molecule has 2 amide bonds. The van der Waals surface area contributed by atoms with Gasteiger partial charge in [-0.1, -0.05) is 6.92 Å². The Morgan fingerprint density at radius 3 is 2.83 bits per heavy atom. The van der Waals surface area contributed by atoms with E-state index in [0.29, 0.717) is 23.5 Å². The Bertz CT molecular complexity index is 705. The van der Waals surface area contributed by atoms with Gasteiger partial charge in [0.1, 0.15) is 5.00 Å². The molecule has 6 heteroatoms. The van der Waals surface area contributed by atoms with Gasteiger partial charge < -0.3 is 10.6 Å². The Balaban J connectivity index is 1.84. The molecule has 0 saturated carbocycles. The van der Waals surface area contributed by atoms with Crippen LogP contribution in [-0.2, 0) is 24.2 Å². The second-order valence-corrected chi connectivity index (χ2v) is 7.52. The van der Waals surface area contributed by atoms with Crippen molar-refractivity contribution in [1.29, 1.82) is 0 Å². The Morgan fingerprint density at radius 1 is 1.26 bits per heavy atom. The Labute approximate surface area is 143 Å². The molecule has 1 aliphatic carbocycles. The molecule has 0 aromatic carbocycles. The van der Waals surface area contributed by atoms with Crippen LogP contribution < -0.4 is 10.6 Å². The van der Waals surface area contributed by atoms with Crippen molar-refractivity contribution in [2.45, 2.75) is 45.6 Å². The van der Waals surface area contributed by atoms with Gasteiger partial charge in [0.25, 0.3) is 5.91 Å². The lowest BCUT2D eigenvalue weighted by Gasteiger charge is -2.13. The lowest BCUT2D eigenvalue weighted by molar-refractivity contribution is -0.115. The predicted octanol–water partition coefficient (Wildman–Crippen LogP) is 3.97. The van der Waals surface area contributed by atoms with Gasteiger partial charge in [-0.3, -0.25) is 9.59 Å². The number of aryl methyl sites for hydroxylation is 1. The average Bonchev–Trinajstić information content (AvgIpc) is 3.19. The molecule has 122 valence electrons. The number of rotatable bonds is 5. The highest BCUT2D eigenvalue weighted by molar-refractivity contribution is 7.17. The molecule has 0 saturated heterocycles. The smallest absolute Gasteiger partial charge is 0.254 e. The van der Waals surface area contributed by atoms with E-state index < -0.39 is 0 Å². The monoisotopic (exact) mass is 348 g/mol. The molecule has 2 aromatic rings. The first-order chi connectivity index (χ1) is 11.2. The van der Waals surface area contributed by atoms with Crippen molar-refractivity contribution in [1.82, 2.24) is 5.32 Å². The van der Waals surface area contributed by atoms with E-state index in [9.17, 15) is 9.59 Å². The first-order valence-corrected chi connectivity index (χ1v) is 9.68. The zero-order chi connectivity index (χ0) is 16.2. The maximum atomic E-state index is 12.7. The van der Waals surface area contributed by atoms with Crippen molar-refractivity contribution in [3.8, 4) is 0 Å². The van der Waals surface area contributed by atoms with Crippen molar-refractivity contribution in [3.05, 3.63) is 38.4 Å². The highest BCUT2D eigenvalue weighted by atomic mass is 32.1. The molecular weight excluding hydrogens is 328 g/mol. The quantitative estimate of drug-likeness (QED) is 0.859. The predicted molar refractivity (Wildman–Crippen MR) is 95.4 cm³/mol. The Hall–Kier alpha value is -1.66. The lowest BCUT2D eigenvalue weighted by Crippen LogP contribution is -2.25. The van der Waals surface area contributed by atoms with Gasteiger partial charge in [-0.15, -0.1) is 11.3 Å². The molecule has 2 heterocycles. The summed E-state index contributed by atoms with van der Waals surface area (Å²) in [6.45, 7) is 2.34. The summed E-state index contributed by atoms with van der Waals surface area (Å²) >= 11 is 3.19. The fraction of sp³-hybridized carbons (Fsp3) is 0.412. The van der Waals surface area contributed by atoms with Gasteiger partial charge in [0.2, 0.25) is 5.91 Å². The normalized spacial score (nSPS) is 13.4.